The third kappa shape index (κ3) is 3.40. The lowest BCUT2D eigenvalue weighted by Crippen LogP contribution is -2.46. The largest absolute Gasteiger partial charge is 0.458 e. The van der Waals surface area contributed by atoms with Crippen LogP contribution in [0.2, 0.25) is 0 Å². The molecule has 15 heavy (non-hydrogen) atoms. The summed E-state index contributed by atoms with van der Waals surface area (Å²) in [6.45, 7) is 0.401. The van der Waals surface area contributed by atoms with E-state index in [2.05, 4.69) is 0 Å². The Bertz CT molecular complexity index is 209. The van der Waals surface area contributed by atoms with Crippen molar-refractivity contribution in [1.82, 2.24) is 0 Å². The second-order valence-corrected chi connectivity index (χ2v) is 3.28. The maximum atomic E-state index is 10.8. The van der Waals surface area contributed by atoms with E-state index in [1.807, 2.05) is 0 Å². The summed E-state index contributed by atoms with van der Waals surface area (Å²) in [5.74, 6) is 0. The van der Waals surface area contributed by atoms with Crippen molar-refractivity contribution < 1.29 is 9.85 Å². The minimum atomic E-state index is -2.11. The highest BCUT2D eigenvalue weighted by Gasteiger charge is 2.54. The fourth-order valence-electron chi connectivity index (χ4n) is 1.33. The summed E-state index contributed by atoms with van der Waals surface area (Å²) in [4.78, 5) is 19.8. The van der Waals surface area contributed by atoms with Gasteiger partial charge in [0, 0.05) is 0 Å². The van der Waals surface area contributed by atoms with Crippen LogP contribution in [0.15, 0.2) is 0 Å². The van der Waals surface area contributed by atoms with E-state index in [4.69, 9.17) is 11.5 Å². The molecule has 0 atom stereocenters. The lowest BCUT2D eigenvalue weighted by molar-refractivity contribution is -0.799. The van der Waals surface area contributed by atoms with Crippen molar-refractivity contribution in [3.63, 3.8) is 0 Å². The third-order valence-electron chi connectivity index (χ3n) is 2.24. The number of hydrogen-bond donors (Lipinski definition) is 2. The number of nitrogens with two attached hydrogens (primary N) is 2. The minimum Gasteiger partial charge on any atom is -0.330 e. The molecule has 0 aromatic carbocycles. The highest BCUT2D eigenvalue weighted by Crippen LogP contribution is 2.23. The zero-order valence-electron chi connectivity index (χ0n) is 8.42. The first kappa shape index (κ1) is 13.7. The van der Waals surface area contributed by atoms with Crippen LogP contribution >= 0.6 is 0 Å². The first-order chi connectivity index (χ1) is 7.01. The lowest BCUT2D eigenvalue weighted by atomic mass is 9.99. The maximum Gasteiger partial charge on any atom is 0.458 e. The molecule has 0 saturated heterocycles. The number of nitrogens with zero attached hydrogens (tertiary/aromatic N) is 2. The molecule has 0 aliphatic rings. The Kier molecular flexibility index (Phi) is 5.72. The van der Waals surface area contributed by atoms with Crippen LogP contribution in [0.3, 0.4) is 0 Å². The van der Waals surface area contributed by atoms with Gasteiger partial charge in [-0.2, -0.15) is 0 Å². The highest BCUT2D eigenvalue weighted by atomic mass is 16.7. The van der Waals surface area contributed by atoms with Gasteiger partial charge < -0.3 is 11.5 Å². The van der Waals surface area contributed by atoms with E-state index in [1.165, 1.54) is 0 Å². The molecule has 0 radical (unpaired) electrons. The van der Waals surface area contributed by atoms with Crippen molar-refractivity contribution in [2.75, 3.05) is 13.1 Å². The molecule has 0 unspecified atom stereocenters. The average molecular weight is 220 g/mol. The SMILES string of the molecule is NCCCC(CCCN)([N+](=O)[O-])[N+](=O)[O-]. The van der Waals surface area contributed by atoms with Crippen molar-refractivity contribution in [2.24, 2.45) is 11.5 Å². The molecular formula is C7H16N4O4. The normalized spacial score (nSPS) is 11.3. The van der Waals surface area contributed by atoms with Crippen molar-refractivity contribution in [3.05, 3.63) is 20.2 Å². The van der Waals surface area contributed by atoms with E-state index < -0.39 is 15.5 Å². The van der Waals surface area contributed by atoms with Gasteiger partial charge in [-0.05, 0) is 25.9 Å². The van der Waals surface area contributed by atoms with Crippen molar-refractivity contribution in [3.8, 4) is 0 Å². The first-order valence-corrected chi connectivity index (χ1v) is 4.70. The average Bonchev–Trinajstić information content (AvgIpc) is 2.17. The van der Waals surface area contributed by atoms with Gasteiger partial charge in [0.25, 0.3) is 0 Å². The first-order valence-electron chi connectivity index (χ1n) is 4.70. The van der Waals surface area contributed by atoms with Crippen LogP contribution in [0, 0.1) is 20.2 Å². The van der Waals surface area contributed by atoms with Crippen molar-refractivity contribution in [1.29, 1.82) is 0 Å². The molecule has 0 bridgehead atoms. The zero-order chi connectivity index (χ0) is 11.9. The van der Waals surface area contributed by atoms with Crippen LogP contribution in [0.25, 0.3) is 0 Å². The van der Waals surface area contributed by atoms with Crippen molar-refractivity contribution in [2.45, 2.75) is 31.3 Å². The van der Waals surface area contributed by atoms with Crippen LogP contribution in [-0.4, -0.2) is 28.6 Å². The number of nitro groups is 2. The van der Waals surface area contributed by atoms with Crippen LogP contribution < -0.4 is 11.5 Å². The highest BCUT2D eigenvalue weighted by molar-refractivity contribution is 4.68. The molecular weight excluding hydrogens is 204 g/mol. The summed E-state index contributed by atoms with van der Waals surface area (Å²) in [5, 5.41) is 21.5. The summed E-state index contributed by atoms with van der Waals surface area (Å²) in [6.07, 6.45) is 0.214. The Morgan fingerprint density at radius 1 is 0.933 bits per heavy atom. The summed E-state index contributed by atoms with van der Waals surface area (Å²) >= 11 is 0. The van der Waals surface area contributed by atoms with Gasteiger partial charge in [0.2, 0.25) is 0 Å². The minimum absolute atomic E-state index is 0.149. The van der Waals surface area contributed by atoms with Crippen LogP contribution in [0.1, 0.15) is 25.7 Å². The van der Waals surface area contributed by atoms with E-state index >= 15 is 0 Å². The molecule has 4 N–H and O–H groups in total. The molecule has 0 amide bonds. The van der Waals surface area contributed by atoms with Gasteiger partial charge in [0.05, 0.1) is 22.7 Å². The molecule has 0 aliphatic carbocycles. The van der Waals surface area contributed by atoms with Gasteiger partial charge >= 0.3 is 5.66 Å². The standard InChI is InChI=1S/C7H16N4O4/c8-5-1-3-7(10(12)13,11(14)15)4-2-6-9/h1-6,8-9H2. The van der Waals surface area contributed by atoms with E-state index in [0.717, 1.165) is 0 Å². The van der Waals surface area contributed by atoms with Gasteiger partial charge in [-0.25, -0.2) is 0 Å². The van der Waals surface area contributed by atoms with Gasteiger partial charge in [0.1, 0.15) is 0 Å². The predicted molar refractivity (Wildman–Crippen MR) is 53.3 cm³/mol. The Morgan fingerprint density at radius 2 is 1.27 bits per heavy atom. The lowest BCUT2D eigenvalue weighted by Gasteiger charge is -2.16. The van der Waals surface area contributed by atoms with Gasteiger partial charge in [-0.1, -0.05) is 0 Å². The predicted octanol–water partition coefficient (Wildman–Crippen LogP) is -0.286. The van der Waals surface area contributed by atoms with Gasteiger partial charge in [0.15, 0.2) is 0 Å². The monoisotopic (exact) mass is 220 g/mol. The molecule has 0 aromatic rings. The summed E-state index contributed by atoms with van der Waals surface area (Å²) in [7, 11) is 0. The molecule has 8 heteroatoms. The Hall–Kier alpha value is -1.28. The van der Waals surface area contributed by atoms with E-state index in [0.29, 0.717) is 0 Å². The van der Waals surface area contributed by atoms with Crippen LogP contribution in [-0.2, 0) is 0 Å². The Balaban J connectivity index is 4.73. The van der Waals surface area contributed by atoms with Crippen LogP contribution in [0.4, 0.5) is 0 Å². The quantitative estimate of drug-likeness (QED) is 0.327. The maximum absolute atomic E-state index is 10.8. The topological polar surface area (TPSA) is 138 Å². The molecule has 8 nitrogen and oxygen atoms in total. The fraction of sp³-hybridized carbons (Fsp3) is 1.00. The molecule has 0 spiro atoms. The third-order valence-corrected chi connectivity index (χ3v) is 2.24. The molecule has 88 valence electrons. The zero-order valence-corrected chi connectivity index (χ0v) is 8.42. The molecule has 0 aliphatic heterocycles. The molecule has 0 saturated carbocycles. The van der Waals surface area contributed by atoms with Gasteiger partial charge in [-0.15, -0.1) is 0 Å². The summed E-state index contributed by atoms with van der Waals surface area (Å²) in [6, 6.07) is 0. The van der Waals surface area contributed by atoms with Crippen LogP contribution in [0.5, 0.6) is 0 Å². The summed E-state index contributed by atoms with van der Waals surface area (Å²) in [5.41, 5.74) is 8.28. The Morgan fingerprint density at radius 3 is 1.47 bits per heavy atom. The second kappa shape index (κ2) is 6.25. The number of hydrogen-bond acceptors (Lipinski definition) is 6. The van der Waals surface area contributed by atoms with E-state index in [1.54, 1.807) is 0 Å². The van der Waals surface area contributed by atoms with E-state index in [9.17, 15) is 20.2 Å². The second-order valence-electron chi connectivity index (χ2n) is 3.28. The van der Waals surface area contributed by atoms with Crippen molar-refractivity contribution >= 4 is 0 Å². The molecule has 0 rings (SSSR count). The fourth-order valence-corrected chi connectivity index (χ4v) is 1.33. The molecule has 0 heterocycles. The summed E-state index contributed by atoms with van der Waals surface area (Å²) < 4.78 is 0. The number of rotatable bonds is 8. The molecule has 0 aromatic heterocycles. The Labute approximate surface area is 86.9 Å². The molecule has 0 fully saturated rings. The van der Waals surface area contributed by atoms with E-state index in [-0.39, 0.29) is 38.8 Å². The van der Waals surface area contributed by atoms with Gasteiger partial charge in [-0.3, -0.25) is 20.2 Å². The smallest absolute Gasteiger partial charge is 0.330 e.